The van der Waals surface area contributed by atoms with Crippen LogP contribution in [0.5, 0.6) is 0 Å². The molecule has 0 bridgehead atoms. The van der Waals surface area contributed by atoms with Gasteiger partial charge >= 0.3 is 17.9 Å². The molecule has 0 saturated heterocycles. The van der Waals surface area contributed by atoms with E-state index in [-0.39, 0.29) is 19.1 Å². The van der Waals surface area contributed by atoms with E-state index in [9.17, 15) is 14.4 Å². The van der Waals surface area contributed by atoms with Gasteiger partial charge in [-0.25, -0.2) is 9.59 Å². The summed E-state index contributed by atoms with van der Waals surface area (Å²) in [6.45, 7) is 11.9. The van der Waals surface area contributed by atoms with Gasteiger partial charge in [0.2, 0.25) is 6.10 Å². The maximum absolute atomic E-state index is 12.7. The number of carbonyl (C=O) groups is 3. The van der Waals surface area contributed by atoms with Crippen molar-refractivity contribution in [3.05, 3.63) is 12.7 Å². The van der Waals surface area contributed by atoms with Gasteiger partial charge in [-0.05, 0) is 18.8 Å². The molecule has 0 amide bonds. The number of hydrogen-bond acceptors (Lipinski definition) is 6. The van der Waals surface area contributed by atoms with Crippen molar-refractivity contribution in [1.29, 1.82) is 0 Å². The molecule has 0 aliphatic heterocycles. The van der Waals surface area contributed by atoms with Gasteiger partial charge in [-0.2, -0.15) is 0 Å². The van der Waals surface area contributed by atoms with Crippen molar-refractivity contribution >= 4 is 17.9 Å². The third-order valence-electron chi connectivity index (χ3n) is 4.73. The van der Waals surface area contributed by atoms with Crippen molar-refractivity contribution in [3.63, 3.8) is 0 Å². The van der Waals surface area contributed by atoms with Crippen LogP contribution in [-0.4, -0.2) is 37.2 Å². The zero-order valence-corrected chi connectivity index (χ0v) is 19.5. The summed E-state index contributed by atoms with van der Waals surface area (Å²) in [4.78, 5) is 37.1. The lowest BCUT2D eigenvalue weighted by Crippen LogP contribution is -2.41. The van der Waals surface area contributed by atoms with Crippen LogP contribution in [0, 0.1) is 11.8 Å². The molecule has 30 heavy (non-hydrogen) atoms. The Balaban J connectivity index is 4.90. The zero-order chi connectivity index (χ0) is 22.8. The number of ether oxygens (including phenoxy) is 3. The van der Waals surface area contributed by atoms with Crippen LogP contribution in [0.3, 0.4) is 0 Å². The van der Waals surface area contributed by atoms with Crippen molar-refractivity contribution in [2.75, 3.05) is 13.2 Å². The first-order valence-electron chi connectivity index (χ1n) is 11.5. The second kappa shape index (κ2) is 18.0. The molecule has 0 aliphatic rings. The quantitative estimate of drug-likeness (QED) is 0.127. The monoisotopic (exact) mass is 426 g/mol. The van der Waals surface area contributed by atoms with Crippen LogP contribution in [0.15, 0.2) is 12.7 Å². The van der Waals surface area contributed by atoms with Gasteiger partial charge in [0, 0.05) is 6.08 Å². The van der Waals surface area contributed by atoms with Crippen LogP contribution in [0.1, 0.15) is 91.9 Å². The highest BCUT2D eigenvalue weighted by molar-refractivity contribution is 5.88. The number of hydrogen-bond donors (Lipinski definition) is 0. The lowest BCUT2D eigenvalue weighted by molar-refractivity contribution is -0.176. The summed E-state index contributed by atoms with van der Waals surface area (Å²) >= 11 is 0. The average Bonchev–Trinajstić information content (AvgIpc) is 2.72. The fourth-order valence-corrected chi connectivity index (χ4v) is 2.95. The van der Waals surface area contributed by atoms with E-state index in [2.05, 4.69) is 13.5 Å². The number of rotatable bonds is 18. The Morgan fingerprint density at radius 1 is 0.833 bits per heavy atom. The zero-order valence-electron chi connectivity index (χ0n) is 19.5. The van der Waals surface area contributed by atoms with Gasteiger partial charge in [0.25, 0.3) is 0 Å². The first-order valence-corrected chi connectivity index (χ1v) is 11.5. The fraction of sp³-hybridized carbons (Fsp3) is 0.792. The molecular formula is C24H42O6. The Morgan fingerprint density at radius 3 is 2.00 bits per heavy atom. The molecule has 2 unspecified atom stereocenters. The maximum atomic E-state index is 12.7. The second-order valence-electron chi connectivity index (χ2n) is 8.12. The summed E-state index contributed by atoms with van der Waals surface area (Å²) in [5.41, 5.74) is 0. The minimum atomic E-state index is -1.31. The molecule has 0 rings (SSSR count). The number of esters is 3. The van der Waals surface area contributed by atoms with E-state index in [1.807, 2.05) is 20.8 Å². The summed E-state index contributed by atoms with van der Waals surface area (Å²) in [6.07, 6.45) is 9.29. The van der Waals surface area contributed by atoms with Crippen molar-refractivity contribution < 1.29 is 28.6 Å². The maximum Gasteiger partial charge on any atom is 0.348 e. The van der Waals surface area contributed by atoms with Crippen molar-refractivity contribution in [2.45, 2.75) is 98.0 Å². The van der Waals surface area contributed by atoms with Crippen LogP contribution in [-0.2, 0) is 28.6 Å². The molecular weight excluding hydrogens is 384 g/mol. The standard InChI is InChI=1S/C24H42O6/c1-6-9-11-12-13-14-15-17-28-24(27)22(30-21(25)8-3)20(16-10-7-2)23(26)29-18-19(4)5/h8,19-20,22H,3,6-7,9-18H2,1-2,4-5H3. The first-order chi connectivity index (χ1) is 14.4. The van der Waals surface area contributed by atoms with Crippen molar-refractivity contribution in [3.8, 4) is 0 Å². The summed E-state index contributed by atoms with van der Waals surface area (Å²) in [5, 5.41) is 0. The predicted molar refractivity (Wildman–Crippen MR) is 118 cm³/mol. The van der Waals surface area contributed by atoms with Crippen molar-refractivity contribution in [2.24, 2.45) is 11.8 Å². The number of unbranched alkanes of at least 4 members (excludes halogenated alkanes) is 7. The Bertz CT molecular complexity index is 500. The molecule has 0 radical (unpaired) electrons. The molecule has 174 valence electrons. The molecule has 0 fully saturated rings. The average molecular weight is 427 g/mol. The van der Waals surface area contributed by atoms with Gasteiger partial charge in [-0.15, -0.1) is 0 Å². The van der Waals surface area contributed by atoms with Crippen LogP contribution in [0.4, 0.5) is 0 Å². The number of carbonyl (C=O) groups excluding carboxylic acids is 3. The van der Waals surface area contributed by atoms with Gasteiger partial charge in [-0.3, -0.25) is 4.79 Å². The summed E-state index contributed by atoms with van der Waals surface area (Å²) < 4.78 is 15.9. The molecule has 0 aromatic carbocycles. The van der Waals surface area contributed by atoms with Gasteiger partial charge in [0.1, 0.15) is 5.92 Å². The fourth-order valence-electron chi connectivity index (χ4n) is 2.95. The van der Waals surface area contributed by atoms with E-state index >= 15 is 0 Å². The van der Waals surface area contributed by atoms with E-state index in [4.69, 9.17) is 14.2 Å². The van der Waals surface area contributed by atoms with E-state index in [0.29, 0.717) is 12.8 Å². The van der Waals surface area contributed by atoms with Crippen LogP contribution >= 0.6 is 0 Å². The first kappa shape index (κ1) is 28.1. The van der Waals surface area contributed by atoms with E-state index < -0.39 is 29.9 Å². The summed E-state index contributed by atoms with van der Waals surface area (Å²) in [7, 11) is 0. The Morgan fingerprint density at radius 2 is 1.43 bits per heavy atom. The lowest BCUT2D eigenvalue weighted by atomic mass is 9.95. The third kappa shape index (κ3) is 13.4. The highest BCUT2D eigenvalue weighted by Gasteiger charge is 2.38. The topological polar surface area (TPSA) is 78.9 Å². The van der Waals surface area contributed by atoms with Crippen LogP contribution < -0.4 is 0 Å². The molecule has 0 aromatic rings. The molecule has 6 heteroatoms. The molecule has 0 aromatic heterocycles. The highest BCUT2D eigenvalue weighted by atomic mass is 16.6. The van der Waals surface area contributed by atoms with E-state index in [1.54, 1.807) is 0 Å². The van der Waals surface area contributed by atoms with Crippen LogP contribution in [0.2, 0.25) is 0 Å². The Labute approximate surface area is 182 Å². The Kier molecular flexibility index (Phi) is 16.9. The van der Waals surface area contributed by atoms with Crippen molar-refractivity contribution in [1.82, 2.24) is 0 Å². The molecule has 0 saturated carbocycles. The van der Waals surface area contributed by atoms with Gasteiger partial charge in [0.05, 0.1) is 13.2 Å². The SMILES string of the molecule is C=CC(=O)OC(C(=O)OCCCCCCCCC)C(CCCC)C(=O)OCC(C)C. The molecule has 0 heterocycles. The smallest absolute Gasteiger partial charge is 0.348 e. The summed E-state index contributed by atoms with van der Waals surface area (Å²) in [6, 6.07) is 0. The lowest BCUT2D eigenvalue weighted by Gasteiger charge is -2.24. The van der Waals surface area contributed by atoms with Crippen LogP contribution in [0.25, 0.3) is 0 Å². The molecule has 2 atom stereocenters. The predicted octanol–water partition coefficient (Wildman–Crippen LogP) is 5.38. The normalized spacial score (nSPS) is 12.8. The van der Waals surface area contributed by atoms with Gasteiger partial charge in [-0.1, -0.05) is 85.6 Å². The highest BCUT2D eigenvalue weighted by Crippen LogP contribution is 2.21. The van der Waals surface area contributed by atoms with E-state index in [1.165, 1.54) is 25.7 Å². The second-order valence-corrected chi connectivity index (χ2v) is 8.12. The largest absolute Gasteiger partial charge is 0.465 e. The minimum Gasteiger partial charge on any atom is -0.465 e. The van der Waals surface area contributed by atoms with Gasteiger partial charge in [0.15, 0.2) is 0 Å². The van der Waals surface area contributed by atoms with Gasteiger partial charge < -0.3 is 14.2 Å². The summed E-state index contributed by atoms with van der Waals surface area (Å²) in [5.74, 6) is -2.70. The minimum absolute atomic E-state index is 0.166. The molecule has 0 N–H and O–H groups in total. The van der Waals surface area contributed by atoms with E-state index in [0.717, 1.165) is 31.8 Å². The molecule has 0 spiro atoms. The Hall–Kier alpha value is -1.85. The molecule has 0 aliphatic carbocycles. The third-order valence-corrected chi connectivity index (χ3v) is 4.73. The molecule has 6 nitrogen and oxygen atoms in total.